The molecule has 0 bridgehead atoms. The summed E-state index contributed by atoms with van der Waals surface area (Å²) in [5, 5.41) is 17.9. The van der Waals surface area contributed by atoms with Crippen molar-refractivity contribution in [1.82, 2.24) is 20.4 Å². The second-order valence-corrected chi connectivity index (χ2v) is 5.50. The smallest absolute Gasteiger partial charge is 0.132 e. The summed E-state index contributed by atoms with van der Waals surface area (Å²) in [5.74, 6) is 0.980. The van der Waals surface area contributed by atoms with Gasteiger partial charge in [-0.05, 0) is 36.8 Å². The maximum absolute atomic E-state index is 7.19. The number of nitrogens with two attached hydrogens (primary N) is 1. The SMILES string of the molecule is CC(C=N)=CC(N)=NC1=CC=C2NC=CC(c3cnn(C)c3)=C2N1. The van der Waals surface area contributed by atoms with Gasteiger partial charge >= 0.3 is 0 Å². The van der Waals surface area contributed by atoms with Gasteiger partial charge in [0, 0.05) is 36.8 Å². The second kappa shape index (κ2) is 6.41. The fourth-order valence-electron chi connectivity index (χ4n) is 2.43. The Bertz CT molecular complexity index is 859. The van der Waals surface area contributed by atoms with Crippen LogP contribution in [-0.2, 0) is 7.05 Å². The van der Waals surface area contributed by atoms with E-state index in [0.717, 1.165) is 28.1 Å². The van der Waals surface area contributed by atoms with E-state index in [2.05, 4.69) is 20.7 Å². The predicted molar refractivity (Wildman–Crippen MR) is 95.9 cm³/mol. The molecule has 24 heavy (non-hydrogen) atoms. The molecule has 0 saturated carbocycles. The summed E-state index contributed by atoms with van der Waals surface area (Å²) < 4.78 is 1.77. The predicted octanol–water partition coefficient (Wildman–Crippen LogP) is 1.53. The van der Waals surface area contributed by atoms with Crippen LogP contribution in [0.15, 0.2) is 70.7 Å². The van der Waals surface area contributed by atoms with Crippen molar-refractivity contribution >= 4 is 17.6 Å². The van der Waals surface area contributed by atoms with E-state index in [9.17, 15) is 0 Å². The molecule has 0 amide bonds. The zero-order valence-electron chi connectivity index (χ0n) is 13.5. The Kier molecular flexibility index (Phi) is 4.15. The molecule has 5 N–H and O–H groups in total. The number of hydrogen-bond acceptors (Lipinski definition) is 5. The van der Waals surface area contributed by atoms with Crippen LogP contribution in [0.25, 0.3) is 5.57 Å². The van der Waals surface area contributed by atoms with Gasteiger partial charge in [0.05, 0.1) is 17.6 Å². The van der Waals surface area contributed by atoms with Gasteiger partial charge in [0.25, 0.3) is 0 Å². The van der Waals surface area contributed by atoms with Crippen LogP contribution in [0.1, 0.15) is 12.5 Å². The summed E-state index contributed by atoms with van der Waals surface area (Å²) in [6.07, 6.45) is 14.4. The van der Waals surface area contributed by atoms with Crippen LogP contribution >= 0.6 is 0 Å². The quantitative estimate of drug-likeness (QED) is 0.498. The molecule has 3 heterocycles. The van der Waals surface area contributed by atoms with Crippen molar-refractivity contribution in [2.24, 2.45) is 17.8 Å². The number of dihydropyridines is 2. The molecule has 0 radical (unpaired) electrons. The average molecular weight is 321 g/mol. The normalized spacial score (nSPS) is 17.6. The standard InChI is InChI=1S/C17H19N7/c1-11(8-18)7-15(19)22-16-4-3-14-17(23-16)13(5-6-20-14)12-9-21-24(2)10-12/h3-10,18,20,23H,1-2H3,(H2,19,22). The summed E-state index contributed by atoms with van der Waals surface area (Å²) in [5.41, 5.74) is 10.6. The number of fused-ring (bicyclic) bond motifs is 1. The van der Waals surface area contributed by atoms with Gasteiger partial charge in [0.2, 0.25) is 0 Å². The van der Waals surface area contributed by atoms with Crippen LogP contribution in [0.2, 0.25) is 0 Å². The van der Waals surface area contributed by atoms with E-state index in [1.54, 1.807) is 17.7 Å². The van der Waals surface area contributed by atoms with E-state index in [4.69, 9.17) is 11.1 Å². The number of amidine groups is 1. The van der Waals surface area contributed by atoms with Gasteiger partial charge in [-0.1, -0.05) is 0 Å². The van der Waals surface area contributed by atoms with E-state index in [1.807, 2.05) is 43.9 Å². The molecule has 7 nitrogen and oxygen atoms in total. The highest BCUT2D eigenvalue weighted by atomic mass is 15.2. The van der Waals surface area contributed by atoms with E-state index in [0.29, 0.717) is 11.7 Å². The first-order valence-electron chi connectivity index (χ1n) is 7.45. The molecule has 0 spiro atoms. The Hall–Kier alpha value is -3.35. The van der Waals surface area contributed by atoms with Crippen LogP contribution < -0.4 is 16.4 Å². The number of nitrogens with zero attached hydrogens (tertiary/aromatic N) is 3. The van der Waals surface area contributed by atoms with E-state index >= 15 is 0 Å². The summed E-state index contributed by atoms with van der Waals surface area (Å²) in [7, 11) is 1.89. The molecule has 7 heteroatoms. The first-order valence-corrected chi connectivity index (χ1v) is 7.45. The third-order valence-corrected chi connectivity index (χ3v) is 3.56. The van der Waals surface area contributed by atoms with Crippen molar-refractivity contribution < 1.29 is 0 Å². The van der Waals surface area contributed by atoms with Crippen LogP contribution in [0, 0.1) is 5.41 Å². The Morgan fingerprint density at radius 3 is 2.96 bits per heavy atom. The molecule has 0 aromatic carbocycles. The lowest BCUT2D eigenvalue weighted by Crippen LogP contribution is -2.27. The van der Waals surface area contributed by atoms with Crippen molar-refractivity contribution in [2.45, 2.75) is 6.92 Å². The number of rotatable bonds is 4. The molecule has 2 aliphatic rings. The second-order valence-electron chi connectivity index (χ2n) is 5.50. The number of aryl methyl sites for hydroxylation is 1. The molecule has 0 aliphatic carbocycles. The monoisotopic (exact) mass is 321 g/mol. The summed E-state index contributed by atoms with van der Waals surface area (Å²) in [4.78, 5) is 4.36. The number of aliphatic imine (C=N–C) groups is 1. The van der Waals surface area contributed by atoms with Gasteiger partial charge < -0.3 is 21.8 Å². The molecule has 1 aromatic heterocycles. The lowest BCUT2D eigenvalue weighted by atomic mass is 10.0. The highest BCUT2D eigenvalue weighted by Crippen LogP contribution is 2.27. The zero-order valence-corrected chi connectivity index (χ0v) is 13.5. The highest BCUT2D eigenvalue weighted by Gasteiger charge is 2.19. The molecule has 1 aromatic rings. The first-order chi connectivity index (χ1) is 11.6. The Morgan fingerprint density at radius 1 is 1.42 bits per heavy atom. The van der Waals surface area contributed by atoms with Crippen molar-refractivity contribution in [3.8, 4) is 0 Å². The fourth-order valence-corrected chi connectivity index (χ4v) is 2.43. The maximum Gasteiger partial charge on any atom is 0.132 e. The first kappa shape index (κ1) is 15.5. The van der Waals surface area contributed by atoms with Gasteiger partial charge in [-0.15, -0.1) is 0 Å². The van der Waals surface area contributed by atoms with E-state index < -0.39 is 0 Å². The van der Waals surface area contributed by atoms with Crippen LogP contribution in [0.4, 0.5) is 0 Å². The summed E-state index contributed by atoms with van der Waals surface area (Å²) >= 11 is 0. The van der Waals surface area contributed by atoms with Crippen LogP contribution in [0.5, 0.6) is 0 Å². The average Bonchev–Trinajstić information content (AvgIpc) is 3.00. The number of nitrogens with one attached hydrogen (secondary N) is 3. The molecule has 0 atom stereocenters. The lowest BCUT2D eigenvalue weighted by Gasteiger charge is -2.24. The molecule has 3 rings (SSSR count). The van der Waals surface area contributed by atoms with Crippen molar-refractivity contribution in [2.75, 3.05) is 0 Å². The number of aromatic nitrogens is 2. The number of allylic oxidation sites excluding steroid dienone is 5. The van der Waals surface area contributed by atoms with Gasteiger partial charge in [0.1, 0.15) is 11.7 Å². The third kappa shape index (κ3) is 3.19. The minimum atomic E-state index is 0.342. The van der Waals surface area contributed by atoms with Crippen LogP contribution in [-0.4, -0.2) is 21.8 Å². The summed E-state index contributed by atoms with van der Waals surface area (Å²) in [6, 6.07) is 0. The molecule has 122 valence electrons. The van der Waals surface area contributed by atoms with Gasteiger partial charge in [-0.3, -0.25) is 4.68 Å². The van der Waals surface area contributed by atoms with Crippen molar-refractivity contribution in [3.05, 3.63) is 71.2 Å². The van der Waals surface area contributed by atoms with E-state index in [-0.39, 0.29) is 0 Å². The Labute approximate surface area is 140 Å². The molecule has 0 fully saturated rings. The zero-order chi connectivity index (χ0) is 17.1. The Balaban J connectivity index is 1.94. The maximum atomic E-state index is 7.19. The molecule has 0 unspecified atom stereocenters. The molecular weight excluding hydrogens is 302 g/mol. The van der Waals surface area contributed by atoms with E-state index in [1.165, 1.54) is 6.21 Å². The molecule has 0 saturated heterocycles. The number of hydrogen-bond donors (Lipinski definition) is 4. The third-order valence-electron chi connectivity index (χ3n) is 3.56. The van der Waals surface area contributed by atoms with Crippen molar-refractivity contribution in [3.63, 3.8) is 0 Å². The minimum Gasteiger partial charge on any atom is -0.384 e. The largest absolute Gasteiger partial charge is 0.384 e. The fraction of sp³-hybridized carbons (Fsp3) is 0.118. The van der Waals surface area contributed by atoms with Gasteiger partial charge in [0.15, 0.2) is 0 Å². The van der Waals surface area contributed by atoms with Crippen LogP contribution in [0.3, 0.4) is 0 Å². The topological polar surface area (TPSA) is 104 Å². The minimum absolute atomic E-state index is 0.342. The highest BCUT2D eigenvalue weighted by molar-refractivity contribution is 5.97. The molecular formula is C17H19N7. The lowest BCUT2D eigenvalue weighted by molar-refractivity contribution is 0.767. The summed E-state index contributed by atoms with van der Waals surface area (Å²) in [6.45, 7) is 1.80. The van der Waals surface area contributed by atoms with Crippen molar-refractivity contribution in [1.29, 1.82) is 5.41 Å². The van der Waals surface area contributed by atoms with Gasteiger partial charge in [-0.25, -0.2) is 4.99 Å². The van der Waals surface area contributed by atoms with Gasteiger partial charge in [-0.2, -0.15) is 5.10 Å². The molecule has 2 aliphatic heterocycles. The Morgan fingerprint density at radius 2 is 2.25 bits per heavy atom.